The molecule has 3 nitrogen and oxygen atoms in total. The zero-order valence-electron chi connectivity index (χ0n) is 7.50. The van der Waals surface area contributed by atoms with Crippen LogP contribution in [-0.2, 0) is 4.74 Å². The van der Waals surface area contributed by atoms with Crippen molar-refractivity contribution in [3.63, 3.8) is 0 Å². The first kappa shape index (κ1) is 10.2. The van der Waals surface area contributed by atoms with E-state index < -0.39 is 0 Å². The van der Waals surface area contributed by atoms with Gasteiger partial charge in [-0.05, 0) is 35.3 Å². The number of carbonyl (C=O) groups excluding carboxylic acids is 1. The molecule has 0 radical (unpaired) electrons. The zero-order valence-corrected chi connectivity index (χ0v) is 9.09. The number of esters is 1. The normalized spacial score (nSPS) is 9.77. The molecule has 1 rings (SSSR count). The molecule has 0 spiro atoms. The second-order valence-corrected chi connectivity index (χ2v) is 3.39. The van der Waals surface area contributed by atoms with E-state index in [1.165, 1.54) is 0 Å². The Bertz CT molecular complexity index is 305. The largest absolute Gasteiger partial charge is 0.462 e. The van der Waals surface area contributed by atoms with Crippen molar-refractivity contribution in [3.8, 4) is 0 Å². The summed E-state index contributed by atoms with van der Waals surface area (Å²) in [6.07, 6.45) is 3.22. The summed E-state index contributed by atoms with van der Waals surface area (Å²) in [4.78, 5) is 15.3. The van der Waals surface area contributed by atoms with Crippen LogP contribution in [0.3, 0.4) is 0 Å². The molecule has 0 N–H and O–H groups in total. The van der Waals surface area contributed by atoms with E-state index in [1.807, 2.05) is 6.92 Å². The van der Waals surface area contributed by atoms with Gasteiger partial charge < -0.3 is 4.74 Å². The minimum Gasteiger partial charge on any atom is -0.462 e. The van der Waals surface area contributed by atoms with Crippen molar-refractivity contribution in [1.82, 2.24) is 4.98 Å². The Morgan fingerprint density at radius 1 is 1.62 bits per heavy atom. The van der Waals surface area contributed by atoms with Gasteiger partial charge in [0.1, 0.15) is 0 Å². The van der Waals surface area contributed by atoms with E-state index in [2.05, 4.69) is 20.9 Å². The monoisotopic (exact) mass is 243 g/mol. The predicted molar refractivity (Wildman–Crippen MR) is 52.6 cm³/mol. The van der Waals surface area contributed by atoms with E-state index in [0.29, 0.717) is 16.6 Å². The molecule has 0 unspecified atom stereocenters. The first-order chi connectivity index (χ1) is 6.16. The van der Waals surface area contributed by atoms with Crippen molar-refractivity contribution in [3.05, 3.63) is 28.0 Å². The number of ether oxygens (including phenoxy) is 1. The number of rotatable bonds is 2. The third kappa shape index (κ3) is 2.28. The maximum atomic E-state index is 11.4. The molecule has 0 aliphatic rings. The third-order valence-electron chi connectivity index (χ3n) is 1.57. The second kappa shape index (κ2) is 4.37. The fourth-order valence-electron chi connectivity index (χ4n) is 0.994. The SMILES string of the molecule is CCOC(=O)c1c(C)cncc1Br. The molecule has 13 heavy (non-hydrogen) atoms. The van der Waals surface area contributed by atoms with Crippen molar-refractivity contribution >= 4 is 21.9 Å². The van der Waals surface area contributed by atoms with Crippen LogP contribution in [0.2, 0.25) is 0 Å². The van der Waals surface area contributed by atoms with Gasteiger partial charge in [0, 0.05) is 12.4 Å². The molecule has 0 saturated carbocycles. The lowest BCUT2D eigenvalue weighted by atomic mass is 10.2. The van der Waals surface area contributed by atoms with E-state index in [4.69, 9.17) is 4.74 Å². The van der Waals surface area contributed by atoms with Gasteiger partial charge in [-0.25, -0.2) is 4.79 Å². The summed E-state index contributed by atoms with van der Waals surface area (Å²) in [5.74, 6) is -0.311. The van der Waals surface area contributed by atoms with Crippen molar-refractivity contribution in [2.75, 3.05) is 6.61 Å². The summed E-state index contributed by atoms with van der Waals surface area (Å²) >= 11 is 3.25. The van der Waals surface area contributed by atoms with Crippen LogP contribution < -0.4 is 0 Å². The zero-order chi connectivity index (χ0) is 9.84. The van der Waals surface area contributed by atoms with Crippen LogP contribution >= 0.6 is 15.9 Å². The Balaban J connectivity index is 3.05. The van der Waals surface area contributed by atoms with Crippen LogP contribution in [0.1, 0.15) is 22.8 Å². The molecule has 0 amide bonds. The molecule has 1 aromatic heterocycles. The molecular formula is C9H10BrNO2. The number of aryl methyl sites for hydroxylation is 1. The van der Waals surface area contributed by atoms with Gasteiger partial charge in [0.2, 0.25) is 0 Å². The van der Waals surface area contributed by atoms with E-state index in [0.717, 1.165) is 5.56 Å². The van der Waals surface area contributed by atoms with Crippen LogP contribution in [0.4, 0.5) is 0 Å². The average molecular weight is 244 g/mol. The van der Waals surface area contributed by atoms with Crippen LogP contribution in [0, 0.1) is 6.92 Å². The summed E-state index contributed by atoms with van der Waals surface area (Å²) < 4.78 is 5.57. The van der Waals surface area contributed by atoms with Gasteiger partial charge in [-0.15, -0.1) is 0 Å². The molecule has 0 fully saturated rings. The number of pyridine rings is 1. The Hall–Kier alpha value is -0.900. The quantitative estimate of drug-likeness (QED) is 0.749. The van der Waals surface area contributed by atoms with E-state index in [9.17, 15) is 4.79 Å². The van der Waals surface area contributed by atoms with Gasteiger partial charge in [-0.3, -0.25) is 4.98 Å². The van der Waals surface area contributed by atoms with Crippen LogP contribution in [0.25, 0.3) is 0 Å². The highest BCUT2D eigenvalue weighted by atomic mass is 79.9. The van der Waals surface area contributed by atoms with Crippen molar-refractivity contribution in [2.45, 2.75) is 13.8 Å². The highest BCUT2D eigenvalue weighted by molar-refractivity contribution is 9.10. The average Bonchev–Trinajstić information content (AvgIpc) is 2.04. The molecule has 0 aromatic carbocycles. The fourth-order valence-corrected chi connectivity index (χ4v) is 1.59. The van der Waals surface area contributed by atoms with Crippen molar-refractivity contribution in [2.24, 2.45) is 0 Å². The second-order valence-electron chi connectivity index (χ2n) is 2.53. The van der Waals surface area contributed by atoms with Gasteiger partial charge in [-0.2, -0.15) is 0 Å². The van der Waals surface area contributed by atoms with Crippen molar-refractivity contribution in [1.29, 1.82) is 0 Å². The summed E-state index contributed by atoms with van der Waals surface area (Å²) in [7, 11) is 0. The summed E-state index contributed by atoms with van der Waals surface area (Å²) in [6.45, 7) is 3.99. The Morgan fingerprint density at radius 2 is 2.31 bits per heavy atom. The highest BCUT2D eigenvalue weighted by Crippen LogP contribution is 2.19. The lowest BCUT2D eigenvalue weighted by Gasteiger charge is -2.05. The topological polar surface area (TPSA) is 39.2 Å². The van der Waals surface area contributed by atoms with Gasteiger partial charge in [-0.1, -0.05) is 0 Å². The first-order valence-corrected chi connectivity index (χ1v) is 4.73. The molecule has 0 saturated heterocycles. The maximum absolute atomic E-state index is 11.4. The number of hydrogen-bond donors (Lipinski definition) is 0. The van der Waals surface area contributed by atoms with Gasteiger partial charge in [0.05, 0.1) is 16.6 Å². The highest BCUT2D eigenvalue weighted by Gasteiger charge is 2.13. The Labute approximate surface area is 85.3 Å². The minimum atomic E-state index is -0.311. The lowest BCUT2D eigenvalue weighted by molar-refractivity contribution is 0.0524. The standard InChI is InChI=1S/C9H10BrNO2/c1-3-13-9(12)8-6(2)4-11-5-7(8)10/h4-5H,3H2,1-2H3. The molecular weight excluding hydrogens is 234 g/mol. The molecule has 0 atom stereocenters. The summed E-state index contributed by atoms with van der Waals surface area (Å²) in [5, 5.41) is 0. The molecule has 4 heteroatoms. The maximum Gasteiger partial charge on any atom is 0.339 e. The van der Waals surface area contributed by atoms with E-state index >= 15 is 0 Å². The number of halogens is 1. The fraction of sp³-hybridized carbons (Fsp3) is 0.333. The summed E-state index contributed by atoms with van der Waals surface area (Å²) in [6, 6.07) is 0. The first-order valence-electron chi connectivity index (χ1n) is 3.94. The number of aromatic nitrogens is 1. The van der Waals surface area contributed by atoms with E-state index in [-0.39, 0.29) is 5.97 Å². The minimum absolute atomic E-state index is 0.311. The number of hydrogen-bond acceptors (Lipinski definition) is 3. The molecule has 1 heterocycles. The van der Waals surface area contributed by atoms with Crippen LogP contribution in [0.5, 0.6) is 0 Å². The van der Waals surface area contributed by atoms with Crippen molar-refractivity contribution < 1.29 is 9.53 Å². The van der Waals surface area contributed by atoms with Crippen LogP contribution in [0.15, 0.2) is 16.9 Å². The molecule has 1 aromatic rings. The summed E-state index contributed by atoms with van der Waals surface area (Å²) in [5.41, 5.74) is 1.37. The third-order valence-corrected chi connectivity index (χ3v) is 2.17. The number of nitrogens with zero attached hydrogens (tertiary/aromatic N) is 1. The van der Waals surface area contributed by atoms with Gasteiger partial charge in [0.15, 0.2) is 0 Å². The smallest absolute Gasteiger partial charge is 0.339 e. The molecule has 0 bridgehead atoms. The molecule has 0 aliphatic carbocycles. The van der Waals surface area contributed by atoms with Gasteiger partial charge in [0.25, 0.3) is 0 Å². The van der Waals surface area contributed by atoms with Crippen LogP contribution in [-0.4, -0.2) is 17.6 Å². The lowest BCUT2D eigenvalue weighted by Crippen LogP contribution is -2.07. The van der Waals surface area contributed by atoms with E-state index in [1.54, 1.807) is 19.3 Å². The Kier molecular flexibility index (Phi) is 3.42. The van der Waals surface area contributed by atoms with Gasteiger partial charge >= 0.3 is 5.97 Å². The number of carbonyl (C=O) groups is 1. The molecule has 70 valence electrons. The molecule has 0 aliphatic heterocycles. The Morgan fingerprint density at radius 3 is 2.85 bits per heavy atom. The predicted octanol–water partition coefficient (Wildman–Crippen LogP) is 2.33.